The number of nitrogens with zero attached hydrogens (tertiary/aromatic N) is 1. The van der Waals surface area contributed by atoms with Gasteiger partial charge in [0.2, 0.25) is 0 Å². The molecule has 3 nitrogen and oxygen atoms in total. The monoisotopic (exact) mass is 279 g/mol. The summed E-state index contributed by atoms with van der Waals surface area (Å²) in [6, 6.07) is 4.95. The summed E-state index contributed by atoms with van der Waals surface area (Å²) in [4.78, 5) is 3.96. The molecule has 2 aromatic rings. The third-order valence-corrected chi connectivity index (χ3v) is 2.86. The second-order valence-electron chi connectivity index (χ2n) is 4.34. The highest BCUT2D eigenvalue weighted by Crippen LogP contribution is 2.22. The Morgan fingerprint density at radius 2 is 2.05 bits per heavy atom. The lowest BCUT2D eigenvalue weighted by atomic mass is 10.0. The zero-order valence-electron chi connectivity index (χ0n) is 11.0. The Kier molecular flexibility index (Phi) is 4.63. The molecule has 1 atom stereocenters. The molecule has 0 fully saturated rings. The average Bonchev–Trinajstić information content (AvgIpc) is 2.42. The van der Waals surface area contributed by atoms with Crippen LogP contribution in [0.1, 0.15) is 24.2 Å². The van der Waals surface area contributed by atoms with Gasteiger partial charge in [-0.3, -0.25) is 4.98 Å². The summed E-state index contributed by atoms with van der Waals surface area (Å²) in [5.41, 5.74) is 0.778. The fourth-order valence-corrected chi connectivity index (χ4v) is 1.88. The van der Waals surface area contributed by atoms with E-state index >= 15 is 0 Å². The summed E-state index contributed by atoms with van der Waals surface area (Å²) in [6.45, 7) is 2.34. The van der Waals surface area contributed by atoms with Crippen LogP contribution in [-0.4, -0.2) is 16.7 Å². The second kappa shape index (κ2) is 6.43. The largest absolute Gasteiger partial charge is 0.492 e. The first kappa shape index (κ1) is 14.4. The first-order valence-electron chi connectivity index (χ1n) is 6.30. The quantitative estimate of drug-likeness (QED) is 0.914. The van der Waals surface area contributed by atoms with Gasteiger partial charge < -0.3 is 9.84 Å². The zero-order chi connectivity index (χ0) is 14.5. The number of rotatable bonds is 5. The summed E-state index contributed by atoms with van der Waals surface area (Å²) in [6.07, 6.45) is 2.15. The molecule has 0 amide bonds. The molecular formula is C15H15F2NO2. The number of ether oxygens (including phenoxy) is 1. The van der Waals surface area contributed by atoms with Gasteiger partial charge >= 0.3 is 0 Å². The van der Waals surface area contributed by atoms with Gasteiger partial charge in [0, 0.05) is 24.2 Å². The molecule has 20 heavy (non-hydrogen) atoms. The van der Waals surface area contributed by atoms with E-state index in [2.05, 4.69) is 4.98 Å². The average molecular weight is 279 g/mol. The van der Waals surface area contributed by atoms with Crippen molar-refractivity contribution >= 4 is 0 Å². The Hall–Kier alpha value is -2.01. The number of pyridine rings is 1. The molecule has 0 radical (unpaired) electrons. The highest BCUT2D eigenvalue weighted by Gasteiger charge is 2.13. The second-order valence-corrected chi connectivity index (χ2v) is 4.34. The van der Waals surface area contributed by atoms with Crippen molar-refractivity contribution in [1.82, 2.24) is 4.98 Å². The Balaban J connectivity index is 2.15. The van der Waals surface area contributed by atoms with Gasteiger partial charge in [-0.1, -0.05) is 6.07 Å². The van der Waals surface area contributed by atoms with Crippen molar-refractivity contribution in [2.75, 3.05) is 6.61 Å². The molecular weight excluding hydrogens is 264 g/mol. The number of halogens is 2. The minimum absolute atomic E-state index is 0.0450. The molecule has 5 heteroatoms. The molecule has 106 valence electrons. The van der Waals surface area contributed by atoms with E-state index in [1.165, 1.54) is 24.5 Å². The Bertz CT molecular complexity index is 590. The number of aliphatic hydroxyl groups is 1. The van der Waals surface area contributed by atoms with Gasteiger partial charge in [-0.2, -0.15) is 0 Å². The van der Waals surface area contributed by atoms with E-state index < -0.39 is 17.7 Å². The van der Waals surface area contributed by atoms with Gasteiger partial charge in [0.15, 0.2) is 0 Å². The van der Waals surface area contributed by atoms with Crippen LogP contribution in [0.3, 0.4) is 0 Å². The first-order chi connectivity index (χ1) is 9.60. The Labute approximate surface area is 115 Å². The van der Waals surface area contributed by atoms with Gasteiger partial charge in [0.1, 0.15) is 17.4 Å². The highest BCUT2D eigenvalue weighted by atomic mass is 19.1. The highest BCUT2D eigenvalue weighted by molar-refractivity contribution is 5.27. The summed E-state index contributed by atoms with van der Waals surface area (Å²) in [7, 11) is 0. The molecule has 0 saturated carbocycles. The molecule has 1 heterocycles. The van der Waals surface area contributed by atoms with Crippen molar-refractivity contribution in [2.24, 2.45) is 0 Å². The van der Waals surface area contributed by atoms with Crippen LogP contribution in [0.4, 0.5) is 8.78 Å². The summed E-state index contributed by atoms with van der Waals surface area (Å²) in [5.74, 6) is -0.762. The molecule has 0 saturated heterocycles. The Morgan fingerprint density at radius 3 is 2.75 bits per heavy atom. The third kappa shape index (κ3) is 3.51. The van der Waals surface area contributed by atoms with E-state index in [0.29, 0.717) is 17.9 Å². The maximum atomic E-state index is 13.5. The predicted octanol–water partition coefficient (Wildman–Crippen LogP) is 3.03. The third-order valence-electron chi connectivity index (χ3n) is 2.86. The molecule has 0 spiro atoms. The number of aromatic nitrogens is 1. The van der Waals surface area contributed by atoms with Crippen LogP contribution in [0.15, 0.2) is 36.7 Å². The fraction of sp³-hybridized carbons (Fsp3) is 0.267. The maximum Gasteiger partial charge on any atom is 0.137 e. The molecule has 1 N–H and O–H groups in total. The fourth-order valence-electron chi connectivity index (χ4n) is 1.88. The standard InChI is InChI=1S/C15H15F2NO2/c1-2-20-13-5-11(8-18-9-13)15(19)6-10-3-4-12(16)7-14(10)17/h3-5,7-9,15,19H,2,6H2,1H3. The van der Waals surface area contributed by atoms with Gasteiger partial charge in [0.25, 0.3) is 0 Å². The van der Waals surface area contributed by atoms with Crippen LogP contribution >= 0.6 is 0 Å². The summed E-state index contributed by atoms with van der Waals surface area (Å²) < 4.78 is 31.6. The van der Waals surface area contributed by atoms with Crippen LogP contribution in [0.5, 0.6) is 5.75 Å². The van der Waals surface area contributed by atoms with E-state index in [1.54, 1.807) is 6.07 Å². The number of hydrogen-bond donors (Lipinski definition) is 1. The Morgan fingerprint density at radius 1 is 1.25 bits per heavy atom. The van der Waals surface area contributed by atoms with Crippen molar-refractivity contribution in [1.29, 1.82) is 0 Å². The number of hydrogen-bond acceptors (Lipinski definition) is 3. The smallest absolute Gasteiger partial charge is 0.137 e. The molecule has 0 aliphatic rings. The molecule has 1 unspecified atom stereocenters. The summed E-state index contributed by atoms with van der Waals surface area (Å²) in [5, 5.41) is 10.1. The van der Waals surface area contributed by atoms with E-state index in [0.717, 1.165) is 6.07 Å². The topological polar surface area (TPSA) is 42.4 Å². The number of aliphatic hydroxyl groups excluding tert-OH is 1. The van der Waals surface area contributed by atoms with E-state index in [-0.39, 0.29) is 12.0 Å². The van der Waals surface area contributed by atoms with E-state index in [9.17, 15) is 13.9 Å². The van der Waals surface area contributed by atoms with E-state index in [1.807, 2.05) is 6.92 Å². The van der Waals surface area contributed by atoms with Crippen molar-refractivity contribution < 1.29 is 18.6 Å². The van der Waals surface area contributed by atoms with Crippen LogP contribution in [0.2, 0.25) is 0 Å². The lowest BCUT2D eigenvalue weighted by Gasteiger charge is -2.12. The van der Waals surface area contributed by atoms with Crippen LogP contribution in [0.25, 0.3) is 0 Å². The zero-order valence-corrected chi connectivity index (χ0v) is 11.0. The van der Waals surface area contributed by atoms with Crippen LogP contribution in [-0.2, 0) is 6.42 Å². The van der Waals surface area contributed by atoms with Gasteiger partial charge in [0.05, 0.1) is 18.9 Å². The molecule has 0 aliphatic carbocycles. The maximum absolute atomic E-state index is 13.5. The van der Waals surface area contributed by atoms with Crippen molar-refractivity contribution in [3.8, 4) is 5.75 Å². The first-order valence-corrected chi connectivity index (χ1v) is 6.30. The lowest BCUT2D eigenvalue weighted by Crippen LogP contribution is -2.05. The minimum Gasteiger partial charge on any atom is -0.492 e. The van der Waals surface area contributed by atoms with Crippen molar-refractivity contribution in [3.05, 3.63) is 59.4 Å². The van der Waals surface area contributed by atoms with Crippen LogP contribution in [0, 0.1) is 11.6 Å². The van der Waals surface area contributed by atoms with Crippen LogP contribution < -0.4 is 4.74 Å². The van der Waals surface area contributed by atoms with Gasteiger partial charge in [-0.25, -0.2) is 8.78 Å². The molecule has 1 aromatic heterocycles. The van der Waals surface area contributed by atoms with E-state index in [4.69, 9.17) is 4.74 Å². The molecule has 0 aliphatic heterocycles. The van der Waals surface area contributed by atoms with Gasteiger partial charge in [-0.15, -0.1) is 0 Å². The predicted molar refractivity (Wildman–Crippen MR) is 70.4 cm³/mol. The van der Waals surface area contributed by atoms with Crippen molar-refractivity contribution in [2.45, 2.75) is 19.4 Å². The molecule has 0 bridgehead atoms. The van der Waals surface area contributed by atoms with Crippen molar-refractivity contribution in [3.63, 3.8) is 0 Å². The summed E-state index contributed by atoms with van der Waals surface area (Å²) >= 11 is 0. The minimum atomic E-state index is -0.928. The lowest BCUT2D eigenvalue weighted by molar-refractivity contribution is 0.176. The molecule has 2 rings (SSSR count). The van der Waals surface area contributed by atoms with Gasteiger partial charge in [-0.05, 0) is 24.6 Å². The normalized spacial score (nSPS) is 12.2. The SMILES string of the molecule is CCOc1cncc(C(O)Cc2ccc(F)cc2F)c1. The molecule has 1 aromatic carbocycles. The number of benzene rings is 1.